The Kier molecular flexibility index (Phi) is 2.84. The van der Waals surface area contributed by atoms with Gasteiger partial charge in [0.15, 0.2) is 0 Å². The van der Waals surface area contributed by atoms with Gasteiger partial charge in [-0.15, -0.1) is 0 Å². The summed E-state index contributed by atoms with van der Waals surface area (Å²) >= 11 is 0. The van der Waals surface area contributed by atoms with Crippen LogP contribution in [0.15, 0.2) is 0 Å². The summed E-state index contributed by atoms with van der Waals surface area (Å²) in [6.45, 7) is 13.4. The fraction of sp³-hybridized carbons (Fsp3) is 0.667. The van der Waals surface area contributed by atoms with E-state index in [2.05, 4.69) is 46.5 Å². The fourth-order valence-electron chi connectivity index (χ4n) is 2.23. The Balaban J connectivity index is 3.22. The van der Waals surface area contributed by atoms with E-state index in [9.17, 15) is 0 Å². The molecular formula is C12H21N. The molecule has 74 valence electrons. The van der Waals surface area contributed by atoms with Gasteiger partial charge in [-0.3, -0.25) is 0 Å². The Hall–Kier alpha value is -0.720. The molecule has 1 N–H and O–H groups in total. The van der Waals surface area contributed by atoms with Gasteiger partial charge in [0, 0.05) is 11.4 Å². The smallest absolute Gasteiger partial charge is 0.0207 e. The lowest BCUT2D eigenvalue weighted by Crippen LogP contribution is -1.92. The first kappa shape index (κ1) is 10.4. The Morgan fingerprint density at radius 2 is 1.46 bits per heavy atom. The van der Waals surface area contributed by atoms with Crippen LogP contribution in [0, 0.1) is 13.8 Å². The highest BCUT2D eigenvalue weighted by Gasteiger charge is 2.15. The van der Waals surface area contributed by atoms with Crippen LogP contribution in [0.2, 0.25) is 0 Å². The van der Waals surface area contributed by atoms with Crippen molar-refractivity contribution in [1.82, 2.24) is 4.98 Å². The van der Waals surface area contributed by atoms with Crippen LogP contribution >= 0.6 is 0 Å². The van der Waals surface area contributed by atoms with Gasteiger partial charge in [-0.1, -0.05) is 27.7 Å². The lowest BCUT2D eigenvalue weighted by Gasteiger charge is -2.07. The van der Waals surface area contributed by atoms with E-state index in [1.807, 2.05) is 0 Å². The van der Waals surface area contributed by atoms with Crippen molar-refractivity contribution in [2.45, 2.75) is 53.4 Å². The van der Waals surface area contributed by atoms with Crippen LogP contribution in [0.4, 0.5) is 0 Å². The average Bonchev–Trinajstić information content (AvgIpc) is 2.26. The summed E-state index contributed by atoms with van der Waals surface area (Å²) in [6, 6.07) is 0. The van der Waals surface area contributed by atoms with E-state index in [4.69, 9.17) is 0 Å². The number of aromatic nitrogens is 1. The Morgan fingerprint density at radius 1 is 0.923 bits per heavy atom. The van der Waals surface area contributed by atoms with Crippen LogP contribution in [0.5, 0.6) is 0 Å². The van der Waals surface area contributed by atoms with Crippen molar-refractivity contribution in [2.24, 2.45) is 0 Å². The molecule has 0 saturated heterocycles. The van der Waals surface area contributed by atoms with Gasteiger partial charge in [0.25, 0.3) is 0 Å². The van der Waals surface area contributed by atoms with Crippen molar-refractivity contribution in [2.75, 3.05) is 0 Å². The van der Waals surface area contributed by atoms with E-state index in [1.54, 1.807) is 0 Å². The van der Waals surface area contributed by atoms with Crippen LogP contribution in [0.25, 0.3) is 0 Å². The predicted molar refractivity (Wildman–Crippen MR) is 58.4 cm³/mol. The van der Waals surface area contributed by atoms with Gasteiger partial charge < -0.3 is 4.98 Å². The van der Waals surface area contributed by atoms with E-state index in [-0.39, 0.29) is 0 Å². The maximum atomic E-state index is 3.49. The molecule has 1 nitrogen and oxygen atoms in total. The van der Waals surface area contributed by atoms with Crippen LogP contribution < -0.4 is 0 Å². The molecule has 13 heavy (non-hydrogen) atoms. The molecule has 0 bridgehead atoms. The Labute approximate surface area is 81.6 Å². The third kappa shape index (κ3) is 1.79. The first-order valence-corrected chi connectivity index (χ1v) is 5.14. The fourth-order valence-corrected chi connectivity index (χ4v) is 2.23. The van der Waals surface area contributed by atoms with Crippen LogP contribution in [-0.4, -0.2) is 4.98 Å². The molecule has 0 aromatic carbocycles. The summed E-state index contributed by atoms with van der Waals surface area (Å²) in [5, 5.41) is 0. The molecule has 1 rings (SSSR count). The minimum Gasteiger partial charge on any atom is -0.362 e. The number of H-pyrrole nitrogens is 1. The van der Waals surface area contributed by atoms with Crippen molar-refractivity contribution in [3.05, 3.63) is 22.5 Å². The summed E-state index contributed by atoms with van der Waals surface area (Å²) < 4.78 is 0. The zero-order valence-electron chi connectivity index (χ0n) is 9.65. The molecule has 0 saturated carbocycles. The second-order valence-electron chi connectivity index (χ2n) is 4.51. The standard InChI is InChI=1S/C12H21N/c1-7(2)11-9(5)12(8(3)4)13-10(11)6/h7-8,13H,1-6H3. The summed E-state index contributed by atoms with van der Waals surface area (Å²) in [4.78, 5) is 3.49. The number of aromatic amines is 1. The third-order valence-corrected chi connectivity index (χ3v) is 2.69. The predicted octanol–water partition coefficient (Wildman–Crippen LogP) is 3.88. The lowest BCUT2D eigenvalue weighted by atomic mass is 9.96. The zero-order chi connectivity index (χ0) is 10.2. The molecule has 1 heteroatoms. The molecule has 0 fully saturated rings. The monoisotopic (exact) mass is 179 g/mol. The molecule has 1 heterocycles. The molecular weight excluding hydrogens is 158 g/mol. The normalized spacial score (nSPS) is 11.7. The van der Waals surface area contributed by atoms with E-state index < -0.39 is 0 Å². The van der Waals surface area contributed by atoms with E-state index in [0.29, 0.717) is 11.8 Å². The van der Waals surface area contributed by atoms with Gasteiger partial charge in [0.05, 0.1) is 0 Å². The SMILES string of the molecule is Cc1[nH]c(C(C)C)c(C)c1C(C)C. The largest absolute Gasteiger partial charge is 0.362 e. The van der Waals surface area contributed by atoms with E-state index in [0.717, 1.165) is 0 Å². The summed E-state index contributed by atoms with van der Waals surface area (Å²) in [5.41, 5.74) is 5.71. The molecule has 0 unspecified atom stereocenters. The van der Waals surface area contributed by atoms with Gasteiger partial charge in [-0.25, -0.2) is 0 Å². The Morgan fingerprint density at radius 3 is 1.69 bits per heavy atom. The number of rotatable bonds is 2. The highest BCUT2D eigenvalue weighted by atomic mass is 14.7. The van der Waals surface area contributed by atoms with Gasteiger partial charge in [-0.2, -0.15) is 0 Å². The molecule has 0 aliphatic heterocycles. The number of hydrogen-bond donors (Lipinski definition) is 1. The molecule has 0 radical (unpaired) electrons. The first-order valence-electron chi connectivity index (χ1n) is 5.14. The highest BCUT2D eigenvalue weighted by Crippen LogP contribution is 2.29. The van der Waals surface area contributed by atoms with Crippen LogP contribution in [0.3, 0.4) is 0 Å². The molecule has 0 amide bonds. The highest BCUT2D eigenvalue weighted by molar-refractivity contribution is 5.38. The number of nitrogens with one attached hydrogen (secondary N) is 1. The number of hydrogen-bond acceptors (Lipinski definition) is 0. The Bertz CT molecular complexity index is 292. The van der Waals surface area contributed by atoms with Crippen molar-refractivity contribution >= 4 is 0 Å². The van der Waals surface area contributed by atoms with Crippen molar-refractivity contribution in [3.8, 4) is 0 Å². The van der Waals surface area contributed by atoms with E-state index in [1.165, 1.54) is 22.5 Å². The molecule has 0 spiro atoms. The third-order valence-electron chi connectivity index (χ3n) is 2.69. The minimum atomic E-state index is 0.603. The van der Waals surface area contributed by atoms with Gasteiger partial charge in [-0.05, 0) is 36.8 Å². The first-order chi connectivity index (χ1) is 5.95. The van der Waals surface area contributed by atoms with E-state index >= 15 is 0 Å². The molecule has 1 aromatic heterocycles. The average molecular weight is 179 g/mol. The van der Waals surface area contributed by atoms with Gasteiger partial charge >= 0.3 is 0 Å². The molecule has 1 aromatic rings. The molecule has 0 atom stereocenters. The molecule has 0 aliphatic rings. The quantitative estimate of drug-likeness (QED) is 0.709. The van der Waals surface area contributed by atoms with Crippen molar-refractivity contribution in [3.63, 3.8) is 0 Å². The second-order valence-corrected chi connectivity index (χ2v) is 4.51. The van der Waals surface area contributed by atoms with Crippen LogP contribution in [-0.2, 0) is 0 Å². The summed E-state index contributed by atoms with van der Waals surface area (Å²) in [6.07, 6.45) is 0. The summed E-state index contributed by atoms with van der Waals surface area (Å²) in [5.74, 6) is 1.23. The maximum Gasteiger partial charge on any atom is 0.0207 e. The lowest BCUT2D eigenvalue weighted by molar-refractivity contribution is 0.817. The minimum absolute atomic E-state index is 0.603. The van der Waals surface area contributed by atoms with Crippen LogP contribution in [0.1, 0.15) is 62.0 Å². The van der Waals surface area contributed by atoms with Gasteiger partial charge in [0.2, 0.25) is 0 Å². The molecule has 0 aliphatic carbocycles. The number of aryl methyl sites for hydroxylation is 1. The maximum absolute atomic E-state index is 3.49. The zero-order valence-corrected chi connectivity index (χ0v) is 9.65. The van der Waals surface area contributed by atoms with Crippen molar-refractivity contribution in [1.29, 1.82) is 0 Å². The van der Waals surface area contributed by atoms with Gasteiger partial charge in [0.1, 0.15) is 0 Å². The van der Waals surface area contributed by atoms with Crippen molar-refractivity contribution < 1.29 is 0 Å². The summed E-state index contributed by atoms with van der Waals surface area (Å²) in [7, 11) is 0. The second kappa shape index (κ2) is 3.57. The topological polar surface area (TPSA) is 15.8 Å².